The number of tetrazole rings is 1. The van der Waals surface area contributed by atoms with E-state index < -0.39 is 6.04 Å². The van der Waals surface area contributed by atoms with E-state index in [1.807, 2.05) is 24.3 Å². The molecule has 2 aromatic rings. The second-order valence-electron chi connectivity index (χ2n) is 6.11. The van der Waals surface area contributed by atoms with E-state index in [4.69, 9.17) is 0 Å². The molecule has 1 N–H and O–H groups in total. The number of urea groups is 1. The van der Waals surface area contributed by atoms with Gasteiger partial charge in [-0.3, -0.25) is 9.69 Å². The highest BCUT2D eigenvalue weighted by atomic mass is 16.2. The SMILES string of the molecule is CC(C)c1ccc(-c2nnn(C(C)C(=O)N3CCNC3=O)n2)cc1. The molecule has 1 atom stereocenters. The van der Waals surface area contributed by atoms with E-state index >= 15 is 0 Å². The van der Waals surface area contributed by atoms with Crippen molar-refractivity contribution in [2.45, 2.75) is 32.7 Å². The predicted octanol–water partition coefficient (Wildman–Crippen LogP) is 1.58. The summed E-state index contributed by atoms with van der Waals surface area (Å²) >= 11 is 0. The van der Waals surface area contributed by atoms with Crippen LogP contribution in [0.4, 0.5) is 4.79 Å². The van der Waals surface area contributed by atoms with Gasteiger partial charge >= 0.3 is 6.03 Å². The maximum atomic E-state index is 12.4. The summed E-state index contributed by atoms with van der Waals surface area (Å²) in [7, 11) is 0. The molecule has 1 fully saturated rings. The van der Waals surface area contributed by atoms with Gasteiger partial charge < -0.3 is 5.32 Å². The molecular formula is C16H20N6O2. The smallest absolute Gasteiger partial charge is 0.324 e. The number of benzene rings is 1. The van der Waals surface area contributed by atoms with E-state index in [9.17, 15) is 9.59 Å². The maximum Gasteiger partial charge on any atom is 0.324 e. The van der Waals surface area contributed by atoms with Gasteiger partial charge in [0.25, 0.3) is 5.91 Å². The first kappa shape index (κ1) is 16.1. The number of hydrogen-bond donors (Lipinski definition) is 1. The minimum absolute atomic E-state index is 0.343. The molecule has 1 aromatic carbocycles. The number of imide groups is 1. The zero-order valence-corrected chi connectivity index (χ0v) is 13.9. The van der Waals surface area contributed by atoms with Crippen molar-refractivity contribution in [1.82, 2.24) is 30.4 Å². The first-order chi connectivity index (χ1) is 11.5. The van der Waals surface area contributed by atoms with Crippen LogP contribution < -0.4 is 5.32 Å². The van der Waals surface area contributed by atoms with Gasteiger partial charge in [-0.1, -0.05) is 38.1 Å². The number of carbonyl (C=O) groups excluding carboxylic acids is 2. The van der Waals surface area contributed by atoms with E-state index in [-0.39, 0.29) is 11.9 Å². The van der Waals surface area contributed by atoms with Gasteiger partial charge in [0.2, 0.25) is 5.82 Å². The normalized spacial score (nSPS) is 15.7. The fourth-order valence-electron chi connectivity index (χ4n) is 2.53. The lowest BCUT2D eigenvalue weighted by molar-refractivity contribution is -0.131. The molecule has 126 valence electrons. The third-order valence-electron chi connectivity index (χ3n) is 4.09. The lowest BCUT2D eigenvalue weighted by atomic mass is 10.0. The number of amides is 3. The topological polar surface area (TPSA) is 93.0 Å². The number of aromatic nitrogens is 4. The van der Waals surface area contributed by atoms with Crippen LogP contribution in [0, 0.1) is 0 Å². The van der Waals surface area contributed by atoms with Gasteiger partial charge in [0, 0.05) is 18.7 Å². The van der Waals surface area contributed by atoms with Crippen LogP contribution in [0.5, 0.6) is 0 Å². The van der Waals surface area contributed by atoms with E-state index in [1.165, 1.54) is 15.3 Å². The van der Waals surface area contributed by atoms with Crippen molar-refractivity contribution in [2.75, 3.05) is 13.1 Å². The van der Waals surface area contributed by atoms with E-state index in [2.05, 4.69) is 34.6 Å². The van der Waals surface area contributed by atoms with Crippen molar-refractivity contribution in [2.24, 2.45) is 0 Å². The van der Waals surface area contributed by atoms with E-state index in [1.54, 1.807) is 6.92 Å². The van der Waals surface area contributed by atoms with Crippen molar-refractivity contribution in [3.05, 3.63) is 29.8 Å². The molecule has 1 aromatic heterocycles. The van der Waals surface area contributed by atoms with Crippen LogP contribution in [-0.4, -0.2) is 50.1 Å². The summed E-state index contributed by atoms with van der Waals surface area (Å²) in [4.78, 5) is 26.4. The van der Waals surface area contributed by atoms with Gasteiger partial charge in [0.15, 0.2) is 0 Å². The van der Waals surface area contributed by atoms with Gasteiger partial charge in [-0.25, -0.2) is 4.79 Å². The fraction of sp³-hybridized carbons (Fsp3) is 0.438. The van der Waals surface area contributed by atoms with E-state index in [0.717, 1.165) is 5.56 Å². The number of nitrogens with zero attached hydrogens (tertiary/aromatic N) is 5. The summed E-state index contributed by atoms with van der Waals surface area (Å²) in [6.07, 6.45) is 0. The quantitative estimate of drug-likeness (QED) is 0.919. The number of carbonyl (C=O) groups is 2. The van der Waals surface area contributed by atoms with Crippen LogP contribution in [-0.2, 0) is 4.79 Å². The van der Waals surface area contributed by atoms with Gasteiger partial charge in [0.1, 0.15) is 6.04 Å². The second kappa shape index (κ2) is 6.38. The zero-order valence-electron chi connectivity index (χ0n) is 13.9. The molecule has 3 rings (SSSR count). The Morgan fingerprint density at radius 2 is 1.92 bits per heavy atom. The molecule has 8 nitrogen and oxygen atoms in total. The molecule has 0 spiro atoms. The van der Waals surface area contributed by atoms with Crippen LogP contribution in [0.1, 0.15) is 38.3 Å². The summed E-state index contributed by atoms with van der Waals surface area (Å²) in [5.74, 6) is 0.562. The molecule has 1 unspecified atom stereocenters. The number of nitrogens with one attached hydrogen (secondary N) is 1. The standard InChI is InChI=1S/C16H20N6O2/c1-10(2)12-4-6-13(7-5-12)14-18-20-22(19-14)11(3)15(23)21-9-8-17-16(21)24/h4-7,10-11H,8-9H2,1-3H3,(H,17,24). The molecule has 0 radical (unpaired) electrons. The average Bonchev–Trinajstić information content (AvgIpc) is 3.22. The van der Waals surface area contributed by atoms with Crippen LogP contribution >= 0.6 is 0 Å². The number of hydrogen-bond acceptors (Lipinski definition) is 5. The van der Waals surface area contributed by atoms with Crippen molar-refractivity contribution < 1.29 is 9.59 Å². The molecule has 1 aliphatic heterocycles. The molecule has 8 heteroatoms. The lowest BCUT2D eigenvalue weighted by Crippen LogP contribution is -2.39. The van der Waals surface area contributed by atoms with Crippen molar-refractivity contribution in [3.8, 4) is 11.4 Å². The summed E-state index contributed by atoms with van der Waals surface area (Å²) in [6.45, 7) is 6.74. The second-order valence-corrected chi connectivity index (χ2v) is 6.11. The molecule has 3 amide bonds. The molecule has 0 aliphatic carbocycles. The zero-order chi connectivity index (χ0) is 17.3. The highest BCUT2D eigenvalue weighted by Gasteiger charge is 2.31. The first-order valence-electron chi connectivity index (χ1n) is 7.96. The Hall–Kier alpha value is -2.77. The maximum absolute atomic E-state index is 12.4. The largest absolute Gasteiger partial charge is 0.336 e. The highest BCUT2D eigenvalue weighted by molar-refractivity contribution is 5.97. The Morgan fingerprint density at radius 3 is 2.50 bits per heavy atom. The van der Waals surface area contributed by atoms with Crippen LogP contribution in [0.25, 0.3) is 11.4 Å². The molecular weight excluding hydrogens is 308 g/mol. The summed E-state index contributed by atoms with van der Waals surface area (Å²) in [5, 5.41) is 14.9. The lowest BCUT2D eigenvalue weighted by Gasteiger charge is -2.16. The van der Waals surface area contributed by atoms with Crippen molar-refractivity contribution in [3.63, 3.8) is 0 Å². The van der Waals surface area contributed by atoms with Gasteiger partial charge in [-0.15, -0.1) is 10.2 Å². The highest BCUT2D eigenvalue weighted by Crippen LogP contribution is 2.20. The predicted molar refractivity (Wildman–Crippen MR) is 87.2 cm³/mol. The molecule has 2 heterocycles. The number of rotatable bonds is 4. The first-order valence-corrected chi connectivity index (χ1v) is 7.96. The summed E-state index contributed by atoms with van der Waals surface area (Å²) < 4.78 is 0. The van der Waals surface area contributed by atoms with E-state index in [0.29, 0.717) is 24.8 Å². The summed E-state index contributed by atoms with van der Waals surface area (Å²) in [6, 6.07) is 6.88. The molecule has 1 saturated heterocycles. The van der Waals surface area contributed by atoms with Crippen molar-refractivity contribution in [1.29, 1.82) is 0 Å². The van der Waals surface area contributed by atoms with Crippen LogP contribution in [0.3, 0.4) is 0 Å². The molecule has 0 saturated carbocycles. The minimum atomic E-state index is -0.690. The third-order valence-corrected chi connectivity index (χ3v) is 4.09. The van der Waals surface area contributed by atoms with Crippen molar-refractivity contribution >= 4 is 11.9 Å². The molecule has 1 aliphatic rings. The van der Waals surface area contributed by atoms with Gasteiger partial charge in [0.05, 0.1) is 0 Å². The Bertz CT molecular complexity index is 752. The van der Waals surface area contributed by atoms with Crippen LogP contribution in [0.2, 0.25) is 0 Å². The molecule has 0 bridgehead atoms. The Kier molecular flexibility index (Phi) is 4.28. The minimum Gasteiger partial charge on any atom is -0.336 e. The Morgan fingerprint density at radius 1 is 1.21 bits per heavy atom. The fourth-order valence-corrected chi connectivity index (χ4v) is 2.53. The Balaban J connectivity index is 1.77. The van der Waals surface area contributed by atoms with Gasteiger partial charge in [-0.2, -0.15) is 4.80 Å². The monoisotopic (exact) mass is 328 g/mol. The van der Waals surface area contributed by atoms with Gasteiger partial charge in [-0.05, 0) is 23.6 Å². The average molecular weight is 328 g/mol. The third kappa shape index (κ3) is 2.99. The molecule has 24 heavy (non-hydrogen) atoms. The Labute approximate surface area is 139 Å². The summed E-state index contributed by atoms with van der Waals surface area (Å²) in [5.41, 5.74) is 2.07. The van der Waals surface area contributed by atoms with Crippen LogP contribution in [0.15, 0.2) is 24.3 Å².